The first-order valence-corrected chi connectivity index (χ1v) is 13.2. The lowest BCUT2D eigenvalue weighted by atomic mass is 9.97. The van der Waals surface area contributed by atoms with E-state index in [2.05, 4.69) is 16.4 Å². The highest BCUT2D eigenvalue weighted by atomic mass is 32.1. The van der Waals surface area contributed by atoms with E-state index in [-0.39, 0.29) is 30.9 Å². The Morgan fingerprint density at radius 2 is 2.14 bits per heavy atom. The number of aromatic nitrogens is 1. The SMILES string of the molecule is CCOc1cccc([C@@H](C)CC(=O)Nc2sc3c(c2C#N)CCN(C(=O)OCCc2ccccn2)C3)c1. The van der Waals surface area contributed by atoms with Gasteiger partial charge in [-0.1, -0.05) is 25.1 Å². The van der Waals surface area contributed by atoms with Crippen LogP contribution in [0.15, 0.2) is 48.7 Å². The fourth-order valence-electron chi connectivity index (χ4n) is 4.30. The summed E-state index contributed by atoms with van der Waals surface area (Å²) >= 11 is 1.35. The Morgan fingerprint density at radius 3 is 2.89 bits per heavy atom. The van der Waals surface area contributed by atoms with E-state index in [1.54, 1.807) is 11.1 Å². The minimum atomic E-state index is -0.387. The summed E-state index contributed by atoms with van der Waals surface area (Å²) in [5, 5.41) is 13.3. The Balaban J connectivity index is 1.35. The summed E-state index contributed by atoms with van der Waals surface area (Å²) in [6, 6.07) is 15.6. The van der Waals surface area contributed by atoms with Crippen LogP contribution in [0.25, 0.3) is 0 Å². The van der Waals surface area contributed by atoms with Crippen molar-refractivity contribution in [3.63, 3.8) is 0 Å². The average molecular weight is 519 g/mol. The fourth-order valence-corrected chi connectivity index (χ4v) is 5.53. The van der Waals surface area contributed by atoms with E-state index in [1.807, 2.05) is 56.3 Å². The first-order valence-electron chi connectivity index (χ1n) is 12.4. The van der Waals surface area contributed by atoms with E-state index in [9.17, 15) is 14.9 Å². The third-order valence-corrected chi connectivity index (χ3v) is 7.35. The minimum absolute atomic E-state index is 0.0168. The lowest BCUT2D eigenvalue weighted by molar-refractivity contribution is -0.116. The first-order chi connectivity index (χ1) is 18.0. The molecule has 1 aliphatic rings. The summed E-state index contributed by atoms with van der Waals surface area (Å²) in [6.07, 6.45) is 2.69. The number of carbonyl (C=O) groups excluding carboxylic acids is 2. The van der Waals surface area contributed by atoms with Crippen molar-refractivity contribution in [2.45, 2.75) is 45.6 Å². The Labute approximate surface area is 220 Å². The monoisotopic (exact) mass is 518 g/mol. The van der Waals surface area contributed by atoms with Gasteiger partial charge < -0.3 is 19.7 Å². The second-order valence-corrected chi connectivity index (χ2v) is 9.94. The predicted molar refractivity (Wildman–Crippen MR) is 142 cm³/mol. The summed E-state index contributed by atoms with van der Waals surface area (Å²) in [6.45, 7) is 5.57. The molecule has 9 heteroatoms. The molecule has 0 radical (unpaired) electrons. The first kappa shape index (κ1) is 26.2. The van der Waals surface area contributed by atoms with Crippen molar-refractivity contribution >= 4 is 28.3 Å². The zero-order valence-electron chi connectivity index (χ0n) is 21.0. The predicted octanol–water partition coefficient (Wildman–Crippen LogP) is 5.28. The maximum atomic E-state index is 12.9. The van der Waals surface area contributed by atoms with Crippen molar-refractivity contribution in [2.75, 3.05) is 25.1 Å². The van der Waals surface area contributed by atoms with Crippen molar-refractivity contribution < 1.29 is 19.1 Å². The third kappa shape index (κ3) is 6.66. The smallest absolute Gasteiger partial charge is 0.410 e. The average Bonchev–Trinajstić information content (AvgIpc) is 3.25. The standard InChI is InChI=1S/C28H30N4O4S/c1-3-35-22-9-6-7-20(16-22)19(2)15-26(33)31-27-24(17-29)23-10-13-32(18-25(23)37-27)28(34)36-14-11-21-8-4-5-12-30-21/h4-9,12,16,19H,3,10-11,13-15,18H2,1-2H3,(H,31,33)/t19-/m0/s1. The van der Waals surface area contributed by atoms with Gasteiger partial charge in [-0.3, -0.25) is 9.78 Å². The number of fused-ring (bicyclic) bond motifs is 1. The molecule has 0 spiro atoms. The normalized spacial score (nSPS) is 13.3. The number of nitrogens with zero attached hydrogens (tertiary/aromatic N) is 3. The second kappa shape index (κ2) is 12.4. The Bertz CT molecular complexity index is 1290. The number of thiophene rings is 1. The number of amides is 2. The van der Waals surface area contributed by atoms with Crippen LogP contribution in [0.3, 0.4) is 0 Å². The fraction of sp³-hybridized carbons (Fsp3) is 0.357. The quantitative estimate of drug-likeness (QED) is 0.413. The van der Waals surface area contributed by atoms with Gasteiger partial charge in [-0.25, -0.2) is 4.79 Å². The van der Waals surface area contributed by atoms with Crippen LogP contribution < -0.4 is 10.1 Å². The van der Waals surface area contributed by atoms with E-state index in [0.29, 0.717) is 43.1 Å². The molecule has 2 aromatic heterocycles. The van der Waals surface area contributed by atoms with Gasteiger partial charge >= 0.3 is 6.09 Å². The lowest BCUT2D eigenvalue weighted by Gasteiger charge is -2.26. The van der Waals surface area contributed by atoms with Crippen LogP contribution in [0, 0.1) is 11.3 Å². The summed E-state index contributed by atoms with van der Waals surface area (Å²) in [7, 11) is 0. The number of hydrogen-bond donors (Lipinski definition) is 1. The number of anilines is 1. The van der Waals surface area contributed by atoms with Gasteiger partial charge in [0, 0.05) is 36.2 Å². The third-order valence-electron chi connectivity index (χ3n) is 6.22. The van der Waals surface area contributed by atoms with Crippen molar-refractivity contribution in [1.29, 1.82) is 5.26 Å². The minimum Gasteiger partial charge on any atom is -0.494 e. The van der Waals surface area contributed by atoms with E-state index >= 15 is 0 Å². The van der Waals surface area contributed by atoms with Gasteiger partial charge in [0.1, 0.15) is 16.8 Å². The summed E-state index contributed by atoms with van der Waals surface area (Å²) < 4.78 is 11.0. The zero-order valence-corrected chi connectivity index (χ0v) is 21.8. The molecule has 8 nitrogen and oxygen atoms in total. The number of nitriles is 1. The van der Waals surface area contributed by atoms with Gasteiger partial charge in [0.2, 0.25) is 5.91 Å². The van der Waals surface area contributed by atoms with Crippen LogP contribution in [0.5, 0.6) is 5.75 Å². The van der Waals surface area contributed by atoms with Gasteiger partial charge in [-0.2, -0.15) is 5.26 Å². The molecule has 0 unspecified atom stereocenters. The highest BCUT2D eigenvalue weighted by Gasteiger charge is 2.28. The van der Waals surface area contributed by atoms with Crippen molar-refractivity contribution in [3.05, 3.63) is 75.9 Å². The Kier molecular flexibility index (Phi) is 8.75. The second-order valence-electron chi connectivity index (χ2n) is 8.84. The molecule has 0 bridgehead atoms. The molecule has 192 valence electrons. The molecular weight excluding hydrogens is 488 g/mol. The zero-order chi connectivity index (χ0) is 26.2. The number of nitrogens with one attached hydrogen (secondary N) is 1. The van der Waals surface area contributed by atoms with Crippen LogP contribution in [0.2, 0.25) is 0 Å². The maximum absolute atomic E-state index is 12.9. The highest BCUT2D eigenvalue weighted by Crippen LogP contribution is 2.37. The molecule has 1 aromatic carbocycles. The van der Waals surface area contributed by atoms with Gasteiger partial charge in [0.15, 0.2) is 0 Å². The number of carbonyl (C=O) groups is 2. The molecule has 0 aliphatic carbocycles. The highest BCUT2D eigenvalue weighted by molar-refractivity contribution is 7.16. The summed E-state index contributed by atoms with van der Waals surface area (Å²) in [4.78, 5) is 32.2. The van der Waals surface area contributed by atoms with Crippen LogP contribution >= 0.6 is 11.3 Å². The molecule has 1 atom stereocenters. The maximum Gasteiger partial charge on any atom is 0.410 e. The Hall–Kier alpha value is -3.90. The van der Waals surface area contributed by atoms with Crippen LogP contribution in [0.1, 0.15) is 53.4 Å². The van der Waals surface area contributed by atoms with E-state index in [0.717, 1.165) is 27.4 Å². The van der Waals surface area contributed by atoms with Gasteiger partial charge in [-0.15, -0.1) is 11.3 Å². The lowest BCUT2D eigenvalue weighted by Crippen LogP contribution is -2.36. The molecule has 2 amide bonds. The van der Waals surface area contributed by atoms with Crippen molar-refractivity contribution in [2.24, 2.45) is 0 Å². The number of hydrogen-bond acceptors (Lipinski definition) is 7. The molecule has 1 N–H and O–H groups in total. The number of benzene rings is 1. The number of rotatable bonds is 9. The van der Waals surface area contributed by atoms with Gasteiger partial charge in [0.05, 0.1) is 25.3 Å². The molecule has 1 aliphatic heterocycles. The van der Waals surface area contributed by atoms with Crippen molar-refractivity contribution in [3.8, 4) is 11.8 Å². The van der Waals surface area contributed by atoms with E-state index in [1.165, 1.54) is 11.3 Å². The van der Waals surface area contributed by atoms with Gasteiger partial charge in [-0.05, 0) is 54.7 Å². The van der Waals surface area contributed by atoms with E-state index < -0.39 is 0 Å². The molecule has 0 saturated carbocycles. The number of ether oxygens (including phenoxy) is 2. The molecule has 37 heavy (non-hydrogen) atoms. The molecule has 3 aromatic rings. The van der Waals surface area contributed by atoms with Crippen LogP contribution in [-0.4, -0.2) is 41.6 Å². The van der Waals surface area contributed by atoms with Crippen molar-refractivity contribution in [1.82, 2.24) is 9.88 Å². The largest absolute Gasteiger partial charge is 0.494 e. The Morgan fingerprint density at radius 1 is 1.27 bits per heavy atom. The van der Waals surface area contributed by atoms with Gasteiger partial charge in [0.25, 0.3) is 0 Å². The van der Waals surface area contributed by atoms with E-state index in [4.69, 9.17) is 9.47 Å². The van der Waals surface area contributed by atoms with Crippen LogP contribution in [-0.2, 0) is 28.9 Å². The number of pyridine rings is 1. The summed E-state index contributed by atoms with van der Waals surface area (Å²) in [5.74, 6) is 0.608. The molecular formula is C28H30N4O4S. The van der Waals surface area contributed by atoms with Crippen LogP contribution in [0.4, 0.5) is 9.80 Å². The topological polar surface area (TPSA) is 105 Å². The molecule has 4 rings (SSSR count). The molecule has 0 saturated heterocycles. The molecule has 0 fully saturated rings. The molecule has 3 heterocycles. The summed E-state index contributed by atoms with van der Waals surface area (Å²) in [5.41, 5.74) is 3.27.